The van der Waals surface area contributed by atoms with Gasteiger partial charge in [0.15, 0.2) is 5.82 Å². The molecule has 1 aliphatic heterocycles. The summed E-state index contributed by atoms with van der Waals surface area (Å²) >= 11 is 0. The Labute approximate surface area is 192 Å². The molecular formula is C24H29N9. The van der Waals surface area contributed by atoms with Crippen LogP contribution >= 0.6 is 0 Å². The van der Waals surface area contributed by atoms with Crippen molar-refractivity contribution in [2.45, 2.75) is 57.0 Å². The van der Waals surface area contributed by atoms with Gasteiger partial charge < -0.3 is 20.5 Å². The zero-order chi connectivity index (χ0) is 22.0. The molecule has 2 aliphatic rings. The lowest BCUT2D eigenvalue weighted by molar-refractivity contribution is 0.414. The summed E-state index contributed by atoms with van der Waals surface area (Å²) in [6.45, 7) is 1.96. The third kappa shape index (κ3) is 4.08. The van der Waals surface area contributed by atoms with E-state index in [4.69, 9.17) is 4.98 Å². The molecular weight excluding hydrogens is 414 g/mol. The van der Waals surface area contributed by atoms with Crippen LogP contribution in [0.25, 0.3) is 21.9 Å². The van der Waals surface area contributed by atoms with Crippen molar-refractivity contribution in [1.29, 1.82) is 0 Å². The molecule has 4 aromatic rings. The summed E-state index contributed by atoms with van der Waals surface area (Å²) in [4.78, 5) is 13.8. The quantitative estimate of drug-likeness (QED) is 0.408. The molecule has 170 valence electrons. The van der Waals surface area contributed by atoms with E-state index in [1.807, 2.05) is 30.7 Å². The highest BCUT2D eigenvalue weighted by Gasteiger charge is 2.23. The van der Waals surface area contributed by atoms with Crippen LogP contribution in [-0.2, 0) is 0 Å². The van der Waals surface area contributed by atoms with Crippen molar-refractivity contribution in [1.82, 2.24) is 35.0 Å². The van der Waals surface area contributed by atoms with Crippen LogP contribution in [0.4, 0.5) is 17.6 Å². The fourth-order valence-electron chi connectivity index (χ4n) is 5.19. The van der Waals surface area contributed by atoms with Crippen LogP contribution in [0.2, 0.25) is 0 Å². The number of pyridine rings is 1. The molecule has 0 amide bonds. The Hall–Kier alpha value is -3.33. The minimum atomic E-state index is 0.459. The van der Waals surface area contributed by atoms with Crippen LogP contribution < -0.4 is 16.0 Å². The second-order valence-electron chi connectivity index (χ2n) is 9.09. The first-order valence-electron chi connectivity index (χ1n) is 12.0. The highest BCUT2D eigenvalue weighted by atomic mass is 15.3. The Morgan fingerprint density at radius 3 is 2.61 bits per heavy atom. The predicted molar refractivity (Wildman–Crippen MR) is 130 cm³/mol. The zero-order valence-electron chi connectivity index (χ0n) is 18.7. The molecule has 2 fully saturated rings. The molecule has 33 heavy (non-hydrogen) atoms. The maximum atomic E-state index is 4.89. The van der Waals surface area contributed by atoms with Crippen LogP contribution in [0.15, 0.2) is 36.8 Å². The molecule has 0 aromatic carbocycles. The van der Waals surface area contributed by atoms with Crippen molar-refractivity contribution in [3.05, 3.63) is 36.8 Å². The van der Waals surface area contributed by atoms with Gasteiger partial charge in [-0.2, -0.15) is 4.98 Å². The molecule has 9 heteroatoms. The normalized spacial score (nSPS) is 19.3. The Bertz CT molecular complexity index is 1240. The largest absolute Gasteiger partial charge is 0.367 e. The van der Waals surface area contributed by atoms with Crippen molar-refractivity contribution < 1.29 is 0 Å². The third-order valence-corrected chi connectivity index (χ3v) is 6.88. The Kier molecular flexibility index (Phi) is 5.47. The summed E-state index contributed by atoms with van der Waals surface area (Å²) in [5.41, 5.74) is 2.09. The molecule has 9 nitrogen and oxygen atoms in total. The summed E-state index contributed by atoms with van der Waals surface area (Å²) in [6, 6.07) is 6.87. The molecule has 0 spiro atoms. The second-order valence-corrected chi connectivity index (χ2v) is 9.09. The number of hydrogen-bond donors (Lipinski definition) is 3. The SMILES string of the molecule is c1cc2c3cnc(Nc4ccc(NCC5CCCCN5)nn4)nc3n(C3CCCC3)c2cn1. The topological polar surface area (TPSA) is 105 Å². The molecule has 1 saturated heterocycles. The minimum Gasteiger partial charge on any atom is -0.367 e. The van der Waals surface area contributed by atoms with Gasteiger partial charge in [0.2, 0.25) is 5.95 Å². The van der Waals surface area contributed by atoms with E-state index in [2.05, 4.69) is 46.7 Å². The van der Waals surface area contributed by atoms with Crippen LogP contribution in [0.3, 0.4) is 0 Å². The van der Waals surface area contributed by atoms with E-state index >= 15 is 0 Å². The first-order valence-corrected chi connectivity index (χ1v) is 12.0. The third-order valence-electron chi connectivity index (χ3n) is 6.88. The zero-order valence-corrected chi connectivity index (χ0v) is 18.7. The Balaban J connectivity index is 1.23. The highest BCUT2D eigenvalue weighted by molar-refractivity contribution is 6.06. The summed E-state index contributed by atoms with van der Waals surface area (Å²) in [5.74, 6) is 1.93. The van der Waals surface area contributed by atoms with Gasteiger partial charge in [0, 0.05) is 41.8 Å². The van der Waals surface area contributed by atoms with E-state index in [1.165, 1.54) is 44.9 Å². The predicted octanol–water partition coefficient (Wildman–Crippen LogP) is 4.18. The van der Waals surface area contributed by atoms with Crippen molar-refractivity contribution in [3.8, 4) is 0 Å². The lowest BCUT2D eigenvalue weighted by Crippen LogP contribution is -2.39. The van der Waals surface area contributed by atoms with E-state index in [1.54, 1.807) is 0 Å². The lowest BCUT2D eigenvalue weighted by atomic mass is 10.1. The molecule has 1 unspecified atom stereocenters. The van der Waals surface area contributed by atoms with Crippen molar-refractivity contribution >= 4 is 39.5 Å². The first kappa shape index (κ1) is 20.3. The fourth-order valence-corrected chi connectivity index (χ4v) is 5.19. The average Bonchev–Trinajstić information content (AvgIpc) is 3.50. The average molecular weight is 444 g/mol. The van der Waals surface area contributed by atoms with Gasteiger partial charge in [-0.1, -0.05) is 19.3 Å². The second kappa shape index (κ2) is 8.90. The number of aromatic nitrogens is 6. The number of fused-ring (bicyclic) bond motifs is 3. The van der Waals surface area contributed by atoms with Gasteiger partial charge in [-0.15, -0.1) is 10.2 Å². The number of rotatable bonds is 6. The van der Waals surface area contributed by atoms with E-state index in [9.17, 15) is 0 Å². The van der Waals surface area contributed by atoms with Gasteiger partial charge in [0.25, 0.3) is 0 Å². The Morgan fingerprint density at radius 2 is 1.79 bits per heavy atom. The van der Waals surface area contributed by atoms with E-state index < -0.39 is 0 Å². The van der Waals surface area contributed by atoms with Gasteiger partial charge in [0.1, 0.15) is 11.5 Å². The van der Waals surface area contributed by atoms with Crippen molar-refractivity contribution in [2.24, 2.45) is 0 Å². The molecule has 1 aliphatic carbocycles. The van der Waals surface area contributed by atoms with Gasteiger partial charge in [-0.3, -0.25) is 4.98 Å². The van der Waals surface area contributed by atoms with Gasteiger partial charge in [0.05, 0.1) is 11.7 Å². The number of hydrogen-bond acceptors (Lipinski definition) is 8. The standard InChI is InChI=1S/C24H29N9/c1-2-7-17(6-1)33-20-15-25-12-10-18(20)19-14-28-24(30-23(19)33)29-22-9-8-21(31-32-22)27-13-16-5-3-4-11-26-16/h8-10,12,14-17,26H,1-7,11,13H2,(H,27,31)(H,28,29,30,32). The number of piperidine rings is 1. The maximum absolute atomic E-state index is 4.89. The van der Waals surface area contributed by atoms with E-state index in [0.717, 1.165) is 40.8 Å². The molecule has 5 heterocycles. The first-order chi connectivity index (χ1) is 16.3. The van der Waals surface area contributed by atoms with E-state index in [-0.39, 0.29) is 0 Å². The van der Waals surface area contributed by atoms with Crippen LogP contribution in [-0.4, -0.2) is 48.8 Å². The Morgan fingerprint density at radius 1 is 0.939 bits per heavy atom. The van der Waals surface area contributed by atoms with Gasteiger partial charge in [-0.25, -0.2) is 4.98 Å². The summed E-state index contributed by atoms with van der Waals surface area (Å²) in [6.07, 6.45) is 14.3. The molecule has 4 aromatic heterocycles. The van der Waals surface area contributed by atoms with Crippen LogP contribution in [0.5, 0.6) is 0 Å². The monoisotopic (exact) mass is 443 g/mol. The van der Waals surface area contributed by atoms with Gasteiger partial charge in [-0.05, 0) is 50.4 Å². The number of nitrogens with zero attached hydrogens (tertiary/aromatic N) is 6. The van der Waals surface area contributed by atoms with Crippen molar-refractivity contribution in [3.63, 3.8) is 0 Å². The minimum absolute atomic E-state index is 0.459. The lowest BCUT2D eigenvalue weighted by Gasteiger charge is -2.23. The van der Waals surface area contributed by atoms with Crippen LogP contribution in [0.1, 0.15) is 51.0 Å². The van der Waals surface area contributed by atoms with Crippen LogP contribution in [0, 0.1) is 0 Å². The number of nitrogens with one attached hydrogen (secondary N) is 3. The van der Waals surface area contributed by atoms with E-state index in [0.29, 0.717) is 23.8 Å². The molecule has 0 bridgehead atoms. The maximum Gasteiger partial charge on any atom is 0.230 e. The smallest absolute Gasteiger partial charge is 0.230 e. The molecule has 1 saturated carbocycles. The molecule has 1 atom stereocenters. The molecule has 3 N–H and O–H groups in total. The van der Waals surface area contributed by atoms with Crippen molar-refractivity contribution in [2.75, 3.05) is 23.7 Å². The number of anilines is 3. The summed E-state index contributed by atoms with van der Waals surface area (Å²) in [5, 5.41) is 21.0. The molecule has 6 rings (SSSR count). The molecule has 0 radical (unpaired) electrons. The fraction of sp³-hybridized carbons (Fsp3) is 0.458. The summed E-state index contributed by atoms with van der Waals surface area (Å²) < 4.78 is 2.36. The van der Waals surface area contributed by atoms with Gasteiger partial charge >= 0.3 is 0 Å². The highest BCUT2D eigenvalue weighted by Crippen LogP contribution is 2.37. The summed E-state index contributed by atoms with van der Waals surface area (Å²) in [7, 11) is 0.